The summed E-state index contributed by atoms with van der Waals surface area (Å²) in [5, 5.41) is 9.28. The monoisotopic (exact) mass is 242 g/mol. The summed E-state index contributed by atoms with van der Waals surface area (Å²) in [7, 11) is 1.98. The first-order valence-electron chi connectivity index (χ1n) is 6.44. The van der Waals surface area contributed by atoms with Crippen LogP contribution in [0, 0.1) is 0 Å². The van der Waals surface area contributed by atoms with Crippen molar-refractivity contribution in [1.29, 1.82) is 0 Å². The Labute approximate surface area is 107 Å². The maximum Gasteiger partial charge on any atom is 0.143 e. The number of hydrogen-bond donors (Lipinski definition) is 2. The van der Waals surface area contributed by atoms with E-state index < -0.39 is 0 Å². The van der Waals surface area contributed by atoms with E-state index in [0.29, 0.717) is 6.04 Å². The molecule has 0 spiro atoms. The first kappa shape index (κ1) is 11.4. The first-order valence-corrected chi connectivity index (χ1v) is 6.44. The summed E-state index contributed by atoms with van der Waals surface area (Å²) in [6.07, 6.45) is 1.07. The number of ether oxygens (including phenoxy) is 1. The van der Waals surface area contributed by atoms with E-state index >= 15 is 0 Å². The molecule has 0 aromatic heterocycles. The van der Waals surface area contributed by atoms with Crippen LogP contribution in [-0.4, -0.2) is 26.2 Å². The molecule has 0 radical (unpaired) electrons. The number of hydrogen-bond acceptors (Lipinski definition) is 3. The quantitative estimate of drug-likeness (QED) is 0.868. The van der Waals surface area contributed by atoms with Crippen LogP contribution >= 0.6 is 0 Å². The van der Waals surface area contributed by atoms with Gasteiger partial charge in [0.05, 0.1) is 11.7 Å². The largest absolute Gasteiger partial charge is 0.489 e. The Morgan fingerprint density at radius 1 is 1.28 bits per heavy atom. The predicted molar refractivity (Wildman–Crippen MR) is 75.4 cm³/mol. The van der Waals surface area contributed by atoms with Gasteiger partial charge in [0.2, 0.25) is 0 Å². The molecule has 94 valence electrons. The molecule has 2 aromatic carbocycles. The van der Waals surface area contributed by atoms with Crippen molar-refractivity contribution in [2.45, 2.75) is 12.5 Å². The minimum atomic E-state index is 0.385. The standard InChI is InChI=1S/C15H18N2O/c1-16-9-8-12-10-18-14-7-6-11-4-2-3-5-13(11)15(14)17-12/h2-7,12,16-17H,8-10H2,1H3. The van der Waals surface area contributed by atoms with Crippen molar-refractivity contribution in [2.75, 3.05) is 25.5 Å². The molecule has 2 N–H and O–H groups in total. The molecule has 0 saturated heterocycles. The first-order chi connectivity index (χ1) is 8.88. The van der Waals surface area contributed by atoms with E-state index in [9.17, 15) is 0 Å². The van der Waals surface area contributed by atoms with Crippen LogP contribution in [0.25, 0.3) is 10.8 Å². The summed E-state index contributed by atoms with van der Waals surface area (Å²) in [6, 6.07) is 13.0. The zero-order valence-corrected chi connectivity index (χ0v) is 10.6. The lowest BCUT2D eigenvalue weighted by molar-refractivity contribution is 0.279. The Hall–Kier alpha value is -1.74. The highest BCUT2D eigenvalue weighted by molar-refractivity contribution is 5.97. The summed E-state index contributed by atoms with van der Waals surface area (Å²) in [4.78, 5) is 0. The molecule has 1 atom stereocenters. The van der Waals surface area contributed by atoms with Crippen LogP contribution in [-0.2, 0) is 0 Å². The van der Waals surface area contributed by atoms with Gasteiger partial charge in [0.25, 0.3) is 0 Å². The summed E-state index contributed by atoms with van der Waals surface area (Å²) in [6.45, 7) is 1.74. The van der Waals surface area contributed by atoms with Crippen LogP contribution < -0.4 is 15.4 Å². The van der Waals surface area contributed by atoms with Crippen molar-refractivity contribution in [1.82, 2.24) is 5.32 Å². The highest BCUT2D eigenvalue weighted by atomic mass is 16.5. The Morgan fingerprint density at radius 3 is 3.06 bits per heavy atom. The number of anilines is 1. The SMILES string of the molecule is CNCCC1COc2ccc3ccccc3c2N1. The number of fused-ring (bicyclic) bond motifs is 3. The van der Waals surface area contributed by atoms with Crippen molar-refractivity contribution in [3.05, 3.63) is 36.4 Å². The molecule has 1 heterocycles. The van der Waals surface area contributed by atoms with Gasteiger partial charge in [-0.1, -0.05) is 30.3 Å². The molecule has 18 heavy (non-hydrogen) atoms. The fourth-order valence-corrected chi connectivity index (χ4v) is 2.43. The second-order valence-corrected chi connectivity index (χ2v) is 4.70. The molecule has 2 aromatic rings. The lowest BCUT2D eigenvalue weighted by Gasteiger charge is -2.28. The average molecular weight is 242 g/mol. The van der Waals surface area contributed by atoms with Gasteiger partial charge in [0, 0.05) is 5.39 Å². The number of nitrogens with one attached hydrogen (secondary N) is 2. The fourth-order valence-electron chi connectivity index (χ4n) is 2.43. The van der Waals surface area contributed by atoms with E-state index in [0.717, 1.165) is 31.0 Å². The molecule has 0 aliphatic carbocycles. The highest BCUT2D eigenvalue weighted by Gasteiger charge is 2.19. The molecule has 0 bridgehead atoms. The van der Waals surface area contributed by atoms with Gasteiger partial charge in [-0.3, -0.25) is 0 Å². The molecule has 1 unspecified atom stereocenters. The summed E-state index contributed by atoms with van der Waals surface area (Å²) in [5.74, 6) is 0.967. The van der Waals surface area contributed by atoms with Crippen molar-refractivity contribution >= 4 is 16.5 Å². The zero-order valence-electron chi connectivity index (χ0n) is 10.6. The van der Waals surface area contributed by atoms with Crippen molar-refractivity contribution < 1.29 is 4.74 Å². The number of benzene rings is 2. The van der Waals surface area contributed by atoms with Gasteiger partial charge in [-0.2, -0.15) is 0 Å². The molecule has 0 saturated carbocycles. The summed E-state index contributed by atoms with van der Waals surface area (Å²) >= 11 is 0. The smallest absolute Gasteiger partial charge is 0.143 e. The van der Waals surface area contributed by atoms with Crippen LogP contribution in [0.3, 0.4) is 0 Å². The molecule has 1 aliphatic rings. The van der Waals surface area contributed by atoms with Crippen LogP contribution in [0.5, 0.6) is 5.75 Å². The third-order valence-electron chi connectivity index (χ3n) is 3.42. The van der Waals surface area contributed by atoms with Gasteiger partial charge >= 0.3 is 0 Å². The van der Waals surface area contributed by atoms with E-state index in [1.165, 1.54) is 10.8 Å². The van der Waals surface area contributed by atoms with Crippen LogP contribution in [0.2, 0.25) is 0 Å². The zero-order chi connectivity index (χ0) is 12.4. The molecule has 3 heteroatoms. The second-order valence-electron chi connectivity index (χ2n) is 4.70. The Kier molecular flexibility index (Phi) is 3.07. The Bertz CT molecular complexity index is 553. The van der Waals surface area contributed by atoms with Crippen LogP contribution in [0.15, 0.2) is 36.4 Å². The van der Waals surface area contributed by atoms with E-state index in [2.05, 4.69) is 47.0 Å². The number of rotatable bonds is 3. The second kappa shape index (κ2) is 4.86. The third kappa shape index (κ3) is 2.02. The normalized spacial score (nSPS) is 17.9. The summed E-state index contributed by atoms with van der Waals surface area (Å²) < 4.78 is 5.85. The third-order valence-corrected chi connectivity index (χ3v) is 3.42. The molecular formula is C15H18N2O. The van der Waals surface area contributed by atoms with Crippen LogP contribution in [0.1, 0.15) is 6.42 Å². The molecule has 0 amide bonds. The fraction of sp³-hybridized carbons (Fsp3) is 0.333. The van der Waals surface area contributed by atoms with Crippen molar-refractivity contribution in [3.8, 4) is 5.75 Å². The lowest BCUT2D eigenvalue weighted by atomic mass is 10.1. The van der Waals surface area contributed by atoms with Crippen molar-refractivity contribution in [3.63, 3.8) is 0 Å². The molecule has 0 fully saturated rings. The van der Waals surface area contributed by atoms with Gasteiger partial charge in [0.15, 0.2) is 0 Å². The molecule has 1 aliphatic heterocycles. The van der Waals surface area contributed by atoms with Gasteiger partial charge in [-0.05, 0) is 31.5 Å². The lowest BCUT2D eigenvalue weighted by Crippen LogP contribution is -2.33. The van der Waals surface area contributed by atoms with Crippen LogP contribution in [0.4, 0.5) is 5.69 Å². The van der Waals surface area contributed by atoms with E-state index in [4.69, 9.17) is 4.74 Å². The highest BCUT2D eigenvalue weighted by Crippen LogP contribution is 2.36. The molecular weight excluding hydrogens is 224 g/mol. The van der Waals surface area contributed by atoms with Gasteiger partial charge in [0.1, 0.15) is 12.4 Å². The van der Waals surface area contributed by atoms with Gasteiger partial charge in [-0.15, -0.1) is 0 Å². The minimum Gasteiger partial charge on any atom is -0.489 e. The minimum absolute atomic E-state index is 0.385. The van der Waals surface area contributed by atoms with E-state index in [-0.39, 0.29) is 0 Å². The average Bonchev–Trinajstić information content (AvgIpc) is 2.45. The Balaban J connectivity index is 1.95. The maximum atomic E-state index is 5.85. The predicted octanol–water partition coefficient (Wildman–Crippen LogP) is 2.62. The topological polar surface area (TPSA) is 33.3 Å². The van der Waals surface area contributed by atoms with E-state index in [1.54, 1.807) is 0 Å². The molecule has 3 rings (SSSR count). The van der Waals surface area contributed by atoms with Gasteiger partial charge < -0.3 is 15.4 Å². The Morgan fingerprint density at radius 2 is 2.17 bits per heavy atom. The van der Waals surface area contributed by atoms with Crippen molar-refractivity contribution in [2.24, 2.45) is 0 Å². The molecule has 3 nitrogen and oxygen atoms in total. The van der Waals surface area contributed by atoms with E-state index in [1.807, 2.05) is 7.05 Å². The van der Waals surface area contributed by atoms with Gasteiger partial charge in [-0.25, -0.2) is 0 Å². The maximum absolute atomic E-state index is 5.85. The summed E-state index contributed by atoms with van der Waals surface area (Å²) in [5.41, 5.74) is 1.14.